The van der Waals surface area contributed by atoms with Gasteiger partial charge in [0.25, 0.3) is 0 Å². The number of hydrogen-bond acceptors (Lipinski definition) is 6. The maximum absolute atomic E-state index is 4.79. The van der Waals surface area contributed by atoms with Gasteiger partial charge in [0.1, 0.15) is 0 Å². The van der Waals surface area contributed by atoms with Crippen molar-refractivity contribution in [2.45, 2.75) is 25.7 Å². The minimum Gasteiger partial charge on any atom is -0.241 e. The summed E-state index contributed by atoms with van der Waals surface area (Å²) in [6.07, 6.45) is 0. The van der Waals surface area contributed by atoms with Crippen LogP contribution in [0, 0.1) is 0 Å². The van der Waals surface area contributed by atoms with Crippen molar-refractivity contribution in [2.24, 2.45) is 0 Å². The third kappa shape index (κ3) is 4.09. The highest BCUT2D eigenvalue weighted by Gasteiger charge is 2.14. The van der Waals surface area contributed by atoms with Crippen molar-refractivity contribution in [2.75, 3.05) is 11.5 Å². The van der Waals surface area contributed by atoms with Gasteiger partial charge in [-0.2, -0.15) is 0 Å². The van der Waals surface area contributed by atoms with Gasteiger partial charge >= 0.3 is 0 Å². The number of nitrogens with zero attached hydrogens (tertiary/aromatic N) is 2. The zero-order valence-electron chi connectivity index (χ0n) is 14.7. The van der Waals surface area contributed by atoms with Crippen LogP contribution in [0.3, 0.4) is 0 Å². The van der Waals surface area contributed by atoms with Gasteiger partial charge in [-0.1, -0.05) is 59.7 Å². The van der Waals surface area contributed by atoms with E-state index in [4.69, 9.17) is 9.97 Å². The summed E-state index contributed by atoms with van der Waals surface area (Å²) in [5, 5.41) is 2.50. The fourth-order valence-electron chi connectivity index (χ4n) is 2.64. The maximum atomic E-state index is 4.79. The number of rotatable bonds is 7. The van der Waals surface area contributed by atoms with E-state index in [0.29, 0.717) is 11.8 Å². The largest absolute Gasteiger partial charge is 0.241 e. The molecular formula is C20H20N2S4. The van der Waals surface area contributed by atoms with E-state index < -0.39 is 0 Å². The van der Waals surface area contributed by atoms with Gasteiger partial charge in [0.05, 0.1) is 30.4 Å². The van der Waals surface area contributed by atoms with Gasteiger partial charge in [-0.15, -0.1) is 22.7 Å². The summed E-state index contributed by atoms with van der Waals surface area (Å²) in [5.41, 5.74) is 2.25. The Bertz CT molecular complexity index is 859. The first kappa shape index (κ1) is 18.3. The molecule has 0 aliphatic rings. The van der Waals surface area contributed by atoms with E-state index in [1.807, 2.05) is 44.3 Å². The second kappa shape index (κ2) is 8.30. The van der Waals surface area contributed by atoms with Crippen LogP contribution in [0.4, 0.5) is 0 Å². The highest BCUT2D eigenvalue weighted by Crippen LogP contribution is 2.36. The van der Waals surface area contributed by atoms with Gasteiger partial charge < -0.3 is 0 Å². The molecule has 0 fully saturated rings. The Balaban J connectivity index is 1.28. The van der Waals surface area contributed by atoms with Gasteiger partial charge in [-0.25, -0.2) is 9.97 Å². The third-order valence-electron chi connectivity index (χ3n) is 4.18. The van der Waals surface area contributed by atoms with Crippen LogP contribution >= 0.6 is 44.3 Å². The zero-order chi connectivity index (χ0) is 17.9. The molecule has 0 spiro atoms. The molecule has 0 bridgehead atoms. The van der Waals surface area contributed by atoms with E-state index in [1.54, 1.807) is 0 Å². The molecular weight excluding hydrogens is 397 g/mol. The zero-order valence-corrected chi connectivity index (χ0v) is 18.0. The summed E-state index contributed by atoms with van der Waals surface area (Å²) < 4.78 is 2.58. The molecule has 0 saturated heterocycles. The summed E-state index contributed by atoms with van der Waals surface area (Å²) in [6, 6.07) is 16.8. The van der Waals surface area contributed by atoms with Crippen LogP contribution in [0.5, 0.6) is 0 Å². The lowest BCUT2D eigenvalue weighted by Crippen LogP contribution is -1.97. The predicted molar refractivity (Wildman–Crippen MR) is 121 cm³/mol. The number of thiazole rings is 2. The fraction of sp³-hybridized carbons (Fsp3) is 0.300. The molecule has 2 nitrogen and oxygen atoms in total. The highest BCUT2D eigenvalue weighted by molar-refractivity contribution is 8.76. The second-order valence-corrected chi connectivity index (χ2v) is 11.1. The molecule has 2 aromatic heterocycles. The molecule has 134 valence electrons. The van der Waals surface area contributed by atoms with Crippen LogP contribution in [-0.2, 0) is 0 Å². The maximum Gasteiger partial charge on any atom is 0.0975 e. The first-order valence-electron chi connectivity index (χ1n) is 8.66. The number of benzene rings is 2. The molecule has 6 heteroatoms. The second-order valence-electron chi connectivity index (χ2n) is 6.41. The summed E-state index contributed by atoms with van der Waals surface area (Å²) in [5.74, 6) is 3.17. The van der Waals surface area contributed by atoms with Gasteiger partial charge in [-0.05, 0) is 24.3 Å². The number of fused-ring (bicyclic) bond motifs is 2. The van der Waals surface area contributed by atoms with E-state index in [1.165, 1.54) is 19.4 Å². The molecule has 0 radical (unpaired) electrons. The molecule has 4 rings (SSSR count). The number of aromatic nitrogens is 2. The van der Waals surface area contributed by atoms with Crippen LogP contribution in [-0.4, -0.2) is 21.5 Å². The first-order chi connectivity index (χ1) is 12.7. The quantitative estimate of drug-likeness (QED) is 0.235. The molecule has 2 atom stereocenters. The normalized spacial score (nSPS) is 14.1. The Labute approximate surface area is 169 Å². The number of hydrogen-bond donors (Lipinski definition) is 0. The number of para-hydroxylation sites is 2. The van der Waals surface area contributed by atoms with E-state index in [-0.39, 0.29) is 0 Å². The van der Waals surface area contributed by atoms with Crippen molar-refractivity contribution in [1.82, 2.24) is 9.97 Å². The molecule has 0 aliphatic carbocycles. The Morgan fingerprint density at radius 2 is 1.15 bits per heavy atom. The summed E-state index contributed by atoms with van der Waals surface area (Å²) in [7, 11) is 3.91. The summed E-state index contributed by atoms with van der Waals surface area (Å²) >= 11 is 3.65. The third-order valence-corrected chi connectivity index (χ3v) is 9.47. The summed E-state index contributed by atoms with van der Waals surface area (Å²) in [4.78, 5) is 9.57. The Morgan fingerprint density at radius 1 is 0.731 bits per heavy atom. The molecule has 4 aromatic rings. The fourth-order valence-corrected chi connectivity index (χ4v) is 7.61. The van der Waals surface area contributed by atoms with Crippen molar-refractivity contribution < 1.29 is 0 Å². The van der Waals surface area contributed by atoms with Gasteiger partial charge in [-0.3, -0.25) is 0 Å². The molecule has 0 saturated carbocycles. The average Bonchev–Trinajstić information content (AvgIpc) is 3.28. The van der Waals surface area contributed by atoms with Crippen LogP contribution < -0.4 is 0 Å². The smallest absolute Gasteiger partial charge is 0.0975 e. The highest BCUT2D eigenvalue weighted by atomic mass is 33.1. The molecule has 2 heterocycles. The Kier molecular flexibility index (Phi) is 5.84. The van der Waals surface area contributed by atoms with Crippen molar-refractivity contribution in [1.29, 1.82) is 0 Å². The lowest BCUT2D eigenvalue weighted by atomic mass is 10.2. The van der Waals surface area contributed by atoms with Crippen molar-refractivity contribution in [3.05, 3.63) is 58.5 Å². The molecule has 0 aliphatic heterocycles. The molecule has 26 heavy (non-hydrogen) atoms. The minimum atomic E-state index is 0.489. The average molecular weight is 417 g/mol. The van der Waals surface area contributed by atoms with E-state index >= 15 is 0 Å². The minimum absolute atomic E-state index is 0.489. The summed E-state index contributed by atoms with van der Waals surface area (Å²) in [6.45, 7) is 4.56. The van der Waals surface area contributed by atoms with Crippen LogP contribution in [0.2, 0.25) is 0 Å². The van der Waals surface area contributed by atoms with Crippen LogP contribution in [0.25, 0.3) is 20.4 Å². The first-order valence-corrected chi connectivity index (χ1v) is 12.8. The van der Waals surface area contributed by atoms with Gasteiger partial charge in [0.15, 0.2) is 0 Å². The molecule has 2 aromatic carbocycles. The predicted octanol–water partition coefficient (Wildman–Crippen LogP) is 7.19. The molecule has 0 N–H and O–H groups in total. The van der Waals surface area contributed by atoms with Gasteiger partial charge in [0.2, 0.25) is 0 Å². The Hall–Kier alpha value is -1.08. The molecule has 0 amide bonds. The Morgan fingerprint density at radius 3 is 1.58 bits per heavy atom. The van der Waals surface area contributed by atoms with Crippen LogP contribution in [0.1, 0.15) is 35.7 Å². The van der Waals surface area contributed by atoms with Gasteiger partial charge in [0, 0.05) is 23.3 Å². The SMILES string of the molecule is CC(CSSCC(C)c1nc2ccccc2s1)c1nc2ccccc2s1. The lowest BCUT2D eigenvalue weighted by molar-refractivity contribution is 0.869. The van der Waals surface area contributed by atoms with E-state index in [2.05, 4.69) is 62.4 Å². The monoisotopic (exact) mass is 416 g/mol. The van der Waals surface area contributed by atoms with E-state index in [0.717, 1.165) is 22.5 Å². The van der Waals surface area contributed by atoms with E-state index in [9.17, 15) is 0 Å². The lowest BCUT2D eigenvalue weighted by Gasteiger charge is -2.09. The van der Waals surface area contributed by atoms with Crippen LogP contribution in [0.15, 0.2) is 48.5 Å². The topological polar surface area (TPSA) is 25.8 Å². The molecule has 2 unspecified atom stereocenters. The standard InChI is InChI=1S/C20H20N2S4/c1-13(19-21-15-7-3-5-9-17(15)25-19)11-23-24-12-14(2)20-22-16-8-4-6-10-18(16)26-20/h3-10,13-14H,11-12H2,1-2H3. The van der Waals surface area contributed by atoms with Crippen molar-refractivity contribution in [3.63, 3.8) is 0 Å². The van der Waals surface area contributed by atoms with Crippen molar-refractivity contribution in [3.8, 4) is 0 Å². The van der Waals surface area contributed by atoms with Crippen molar-refractivity contribution >= 4 is 64.7 Å².